The SMILES string of the molecule is O=C(OCC(=O)N1CCN(C(=O)c2ccco2)CC1)c1ccc(O)cc1O. The molecule has 3 rings (SSSR count). The van der Waals surface area contributed by atoms with Crippen LogP contribution < -0.4 is 0 Å². The van der Waals surface area contributed by atoms with Crippen molar-refractivity contribution in [2.45, 2.75) is 0 Å². The van der Waals surface area contributed by atoms with Crippen molar-refractivity contribution in [1.82, 2.24) is 9.80 Å². The second kappa shape index (κ2) is 7.81. The highest BCUT2D eigenvalue weighted by atomic mass is 16.5. The minimum atomic E-state index is -0.868. The molecule has 0 radical (unpaired) electrons. The summed E-state index contributed by atoms with van der Waals surface area (Å²) >= 11 is 0. The fourth-order valence-corrected chi connectivity index (χ4v) is 2.70. The molecule has 0 spiro atoms. The Balaban J connectivity index is 1.48. The first kappa shape index (κ1) is 18.3. The Kier molecular flexibility index (Phi) is 5.30. The molecule has 142 valence electrons. The molecule has 2 heterocycles. The normalized spacial score (nSPS) is 14.1. The lowest BCUT2D eigenvalue weighted by atomic mass is 10.2. The Morgan fingerprint density at radius 2 is 1.74 bits per heavy atom. The highest BCUT2D eigenvalue weighted by Gasteiger charge is 2.26. The Morgan fingerprint density at radius 3 is 2.37 bits per heavy atom. The van der Waals surface area contributed by atoms with Crippen LogP contribution in [-0.4, -0.2) is 70.6 Å². The maximum Gasteiger partial charge on any atom is 0.342 e. The molecule has 9 heteroatoms. The van der Waals surface area contributed by atoms with Gasteiger partial charge in [-0.05, 0) is 24.3 Å². The van der Waals surface area contributed by atoms with Crippen LogP contribution in [0.25, 0.3) is 0 Å². The summed E-state index contributed by atoms with van der Waals surface area (Å²) in [6.07, 6.45) is 1.42. The molecule has 2 amide bonds. The lowest BCUT2D eigenvalue weighted by Crippen LogP contribution is -2.51. The van der Waals surface area contributed by atoms with Crippen molar-refractivity contribution in [3.63, 3.8) is 0 Å². The number of phenolic OH excluding ortho intramolecular Hbond substituents is 2. The molecule has 1 fully saturated rings. The first-order valence-electron chi connectivity index (χ1n) is 8.25. The highest BCUT2D eigenvalue weighted by Crippen LogP contribution is 2.23. The van der Waals surface area contributed by atoms with Gasteiger partial charge < -0.3 is 29.2 Å². The molecular formula is C18H18N2O7. The molecule has 1 aliphatic rings. The minimum Gasteiger partial charge on any atom is -0.508 e. The van der Waals surface area contributed by atoms with Crippen molar-refractivity contribution in [2.24, 2.45) is 0 Å². The predicted octanol–water partition coefficient (Wildman–Crippen LogP) is 0.832. The van der Waals surface area contributed by atoms with E-state index in [2.05, 4.69) is 0 Å². The fourth-order valence-electron chi connectivity index (χ4n) is 2.70. The van der Waals surface area contributed by atoms with E-state index in [4.69, 9.17) is 9.15 Å². The zero-order valence-corrected chi connectivity index (χ0v) is 14.3. The molecule has 27 heavy (non-hydrogen) atoms. The highest BCUT2D eigenvalue weighted by molar-refractivity contribution is 5.94. The molecule has 0 bridgehead atoms. The summed E-state index contributed by atoms with van der Waals surface area (Å²) in [5.74, 6) is -1.88. The molecule has 0 atom stereocenters. The predicted molar refractivity (Wildman–Crippen MR) is 91.2 cm³/mol. The molecular weight excluding hydrogens is 356 g/mol. The Hall–Kier alpha value is -3.49. The Labute approximate surface area is 154 Å². The zero-order chi connectivity index (χ0) is 19.4. The number of furan rings is 1. The van der Waals surface area contributed by atoms with Gasteiger partial charge in [0.15, 0.2) is 12.4 Å². The number of benzene rings is 1. The van der Waals surface area contributed by atoms with Gasteiger partial charge >= 0.3 is 5.97 Å². The van der Waals surface area contributed by atoms with E-state index in [0.29, 0.717) is 26.2 Å². The first-order valence-corrected chi connectivity index (χ1v) is 8.25. The van der Waals surface area contributed by atoms with E-state index < -0.39 is 24.2 Å². The minimum absolute atomic E-state index is 0.144. The van der Waals surface area contributed by atoms with Gasteiger partial charge in [0.25, 0.3) is 11.8 Å². The van der Waals surface area contributed by atoms with Crippen LogP contribution in [0.4, 0.5) is 0 Å². The summed E-state index contributed by atoms with van der Waals surface area (Å²) in [7, 11) is 0. The van der Waals surface area contributed by atoms with Gasteiger partial charge in [-0.15, -0.1) is 0 Å². The fraction of sp³-hybridized carbons (Fsp3) is 0.278. The largest absolute Gasteiger partial charge is 0.508 e. The van der Waals surface area contributed by atoms with Crippen molar-refractivity contribution in [1.29, 1.82) is 0 Å². The van der Waals surface area contributed by atoms with Gasteiger partial charge in [0.2, 0.25) is 0 Å². The molecule has 1 aliphatic heterocycles. The van der Waals surface area contributed by atoms with Gasteiger partial charge in [0, 0.05) is 32.2 Å². The van der Waals surface area contributed by atoms with E-state index in [1.807, 2.05) is 0 Å². The van der Waals surface area contributed by atoms with Gasteiger partial charge in [-0.2, -0.15) is 0 Å². The first-order chi connectivity index (χ1) is 13.0. The van der Waals surface area contributed by atoms with E-state index in [1.54, 1.807) is 17.0 Å². The van der Waals surface area contributed by atoms with E-state index in [9.17, 15) is 24.6 Å². The standard InChI is InChI=1S/C18H18N2O7/c21-12-3-4-13(14(22)10-12)18(25)27-11-16(23)19-5-7-20(8-6-19)17(24)15-2-1-9-26-15/h1-4,9-10,21-22H,5-8,11H2. The topological polar surface area (TPSA) is 121 Å². The number of phenols is 2. The van der Waals surface area contributed by atoms with Crippen molar-refractivity contribution < 1.29 is 33.8 Å². The van der Waals surface area contributed by atoms with Gasteiger partial charge in [-0.1, -0.05) is 0 Å². The number of carbonyl (C=O) groups is 3. The number of piperazine rings is 1. The lowest BCUT2D eigenvalue weighted by Gasteiger charge is -2.34. The molecule has 9 nitrogen and oxygen atoms in total. The van der Waals surface area contributed by atoms with Gasteiger partial charge in [-0.3, -0.25) is 9.59 Å². The van der Waals surface area contributed by atoms with E-state index in [1.165, 1.54) is 23.3 Å². The van der Waals surface area contributed by atoms with Crippen LogP contribution in [0.2, 0.25) is 0 Å². The molecule has 0 unspecified atom stereocenters. The smallest absolute Gasteiger partial charge is 0.342 e. The number of rotatable bonds is 4. The Morgan fingerprint density at radius 1 is 1.04 bits per heavy atom. The van der Waals surface area contributed by atoms with Crippen molar-refractivity contribution >= 4 is 17.8 Å². The molecule has 1 aromatic carbocycles. The molecule has 1 saturated heterocycles. The van der Waals surface area contributed by atoms with Crippen molar-refractivity contribution in [3.8, 4) is 11.5 Å². The second-order valence-electron chi connectivity index (χ2n) is 5.93. The maximum absolute atomic E-state index is 12.2. The molecule has 0 saturated carbocycles. The number of hydrogen-bond donors (Lipinski definition) is 2. The van der Waals surface area contributed by atoms with Gasteiger partial charge in [0.05, 0.1) is 6.26 Å². The number of amides is 2. The number of hydrogen-bond acceptors (Lipinski definition) is 7. The van der Waals surface area contributed by atoms with Crippen molar-refractivity contribution in [2.75, 3.05) is 32.8 Å². The number of esters is 1. The second-order valence-corrected chi connectivity index (χ2v) is 5.93. The summed E-state index contributed by atoms with van der Waals surface area (Å²) in [5.41, 5.74) is -0.144. The average molecular weight is 374 g/mol. The third-order valence-corrected chi connectivity index (χ3v) is 4.18. The third kappa shape index (κ3) is 4.20. The molecule has 1 aromatic heterocycles. The summed E-state index contributed by atoms with van der Waals surface area (Å²) in [6.45, 7) is 0.835. The number of ether oxygens (including phenoxy) is 1. The number of carbonyl (C=O) groups excluding carboxylic acids is 3. The summed E-state index contributed by atoms with van der Waals surface area (Å²) in [5, 5.41) is 18.9. The Bertz CT molecular complexity index is 839. The molecule has 2 N–H and O–H groups in total. The summed E-state index contributed by atoms with van der Waals surface area (Å²) in [4.78, 5) is 39.4. The van der Waals surface area contributed by atoms with Crippen LogP contribution in [0.3, 0.4) is 0 Å². The van der Waals surface area contributed by atoms with E-state index in [-0.39, 0.29) is 23.0 Å². The van der Waals surface area contributed by atoms with Crippen molar-refractivity contribution in [3.05, 3.63) is 47.9 Å². The average Bonchev–Trinajstić information content (AvgIpc) is 3.20. The maximum atomic E-state index is 12.2. The van der Waals surface area contributed by atoms with Gasteiger partial charge in [-0.25, -0.2) is 4.79 Å². The lowest BCUT2D eigenvalue weighted by molar-refractivity contribution is -0.136. The van der Waals surface area contributed by atoms with Crippen LogP contribution in [0.15, 0.2) is 41.0 Å². The molecule has 0 aliphatic carbocycles. The monoisotopic (exact) mass is 374 g/mol. The summed E-state index contributed by atoms with van der Waals surface area (Å²) < 4.78 is 10.0. The number of nitrogens with zero attached hydrogens (tertiary/aromatic N) is 2. The van der Waals surface area contributed by atoms with E-state index in [0.717, 1.165) is 6.07 Å². The van der Waals surface area contributed by atoms with Crippen LogP contribution in [0.1, 0.15) is 20.9 Å². The zero-order valence-electron chi connectivity index (χ0n) is 14.3. The van der Waals surface area contributed by atoms with Crippen LogP contribution in [0, 0.1) is 0 Å². The quantitative estimate of drug-likeness (QED) is 0.761. The summed E-state index contributed by atoms with van der Waals surface area (Å²) in [6, 6.07) is 6.66. The van der Waals surface area contributed by atoms with Crippen LogP contribution in [0.5, 0.6) is 11.5 Å². The van der Waals surface area contributed by atoms with Crippen LogP contribution in [-0.2, 0) is 9.53 Å². The van der Waals surface area contributed by atoms with Crippen LogP contribution >= 0.6 is 0 Å². The number of aromatic hydroxyl groups is 2. The van der Waals surface area contributed by atoms with E-state index >= 15 is 0 Å². The van der Waals surface area contributed by atoms with Gasteiger partial charge in [0.1, 0.15) is 17.1 Å². The molecule has 2 aromatic rings. The third-order valence-electron chi connectivity index (χ3n) is 4.18.